The van der Waals surface area contributed by atoms with Crippen LogP contribution in [0.1, 0.15) is 24.2 Å². The van der Waals surface area contributed by atoms with Gasteiger partial charge in [-0.2, -0.15) is 0 Å². The Kier molecular flexibility index (Phi) is 4.31. The molecule has 0 aliphatic rings. The minimum absolute atomic E-state index is 0.135. The number of carboxylic acid groups (broad SMARTS) is 1. The van der Waals surface area contributed by atoms with E-state index in [1.165, 1.54) is 0 Å². The lowest BCUT2D eigenvalue weighted by Crippen LogP contribution is -2.27. The van der Waals surface area contributed by atoms with E-state index < -0.39 is 27.3 Å². The summed E-state index contributed by atoms with van der Waals surface area (Å²) in [4.78, 5) is 10.6. The van der Waals surface area contributed by atoms with E-state index in [9.17, 15) is 18.3 Å². The second kappa shape index (κ2) is 5.36. The van der Waals surface area contributed by atoms with Crippen molar-refractivity contribution in [1.82, 2.24) is 4.72 Å². The second-order valence-corrected chi connectivity index (χ2v) is 6.00. The number of nitrogens with one attached hydrogen (secondary N) is 1. The smallest absolute Gasteiger partial charge is 0.339 e. The van der Waals surface area contributed by atoms with Gasteiger partial charge in [0.25, 0.3) is 0 Å². The highest BCUT2D eigenvalue weighted by Gasteiger charge is 2.18. The first-order chi connectivity index (χ1) is 8.24. The summed E-state index contributed by atoms with van der Waals surface area (Å²) in [7, 11) is -3.75. The fourth-order valence-corrected chi connectivity index (χ4v) is 2.45. The number of rotatable bonds is 5. The molecule has 3 N–H and O–H groups in total. The lowest BCUT2D eigenvalue weighted by Gasteiger charge is -2.09. The topological polar surface area (TPSA) is 104 Å². The third-order valence-corrected chi connectivity index (χ3v) is 3.61. The number of hydrogen-bond acceptors (Lipinski definition) is 4. The Morgan fingerprint density at radius 1 is 1.39 bits per heavy atom. The van der Waals surface area contributed by atoms with Crippen molar-refractivity contribution in [1.29, 1.82) is 0 Å². The van der Waals surface area contributed by atoms with Gasteiger partial charge in [-0.25, -0.2) is 17.9 Å². The van der Waals surface area contributed by atoms with Gasteiger partial charge in [0.2, 0.25) is 10.0 Å². The molecule has 1 aromatic rings. The van der Waals surface area contributed by atoms with Crippen molar-refractivity contribution in [2.75, 3.05) is 6.54 Å². The number of carbonyl (C=O) groups is 1. The van der Waals surface area contributed by atoms with Crippen LogP contribution in [0.5, 0.6) is 5.75 Å². The van der Waals surface area contributed by atoms with Gasteiger partial charge in [0, 0.05) is 6.54 Å². The molecule has 1 aromatic carbocycles. The van der Waals surface area contributed by atoms with Crippen LogP contribution in [0, 0.1) is 5.92 Å². The molecule has 0 bridgehead atoms. The molecule has 0 unspecified atom stereocenters. The number of carboxylic acids is 1. The predicted octanol–water partition coefficient (Wildman–Crippen LogP) is 1.02. The number of aromatic hydroxyl groups is 1. The quantitative estimate of drug-likeness (QED) is 0.743. The van der Waals surface area contributed by atoms with Crippen LogP contribution in [-0.4, -0.2) is 31.1 Å². The molecule has 100 valence electrons. The van der Waals surface area contributed by atoms with E-state index in [-0.39, 0.29) is 17.4 Å². The fourth-order valence-electron chi connectivity index (χ4n) is 1.21. The van der Waals surface area contributed by atoms with Crippen molar-refractivity contribution in [3.8, 4) is 5.75 Å². The summed E-state index contributed by atoms with van der Waals surface area (Å²) < 4.78 is 26.0. The van der Waals surface area contributed by atoms with Gasteiger partial charge in [-0.1, -0.05) is 13.8 Å². The fraction of sp³-hybridized carbons (Fsp3) is 0.364. The maximum atomic E-state index is 11.8. The molecule has 1 rings (SSSR count). The monoisotopic (exact) mass is 273 g/mol. The van der Waals surface area contributed by atoms with Crippen molar-refractivity contribution < 1.29 is 23.4 Å². The summed E-state index contributed by atoms with van der Waals surface area (Å²) in [5.74, 6) is -1.71. The highest BCUT2D eigenvalue weighted by atomic mass is 32.2. The van der Waals surface area contributed by atoms with E-state index in [0.717, 1.165) is 18.2 Å². The predicted molar refractivity (Wildman–Crippen MR) is 65.1 cm³/mol. The molecular weight excluding hydrogens is 258 g/mol. The average molecular weight is 273 g/mol. The van der Waals surface area contributed by atoms with Crippen molar-refractivity contribution in [2.45, 2.75) is 18.7 Å². The van der Waals surface area contributed by atoms with Gasteiger partial charge in [-0.05, 0) is 24.1 Å². The summed E-state index contributed by atoms with van der Waals surface area (Å²) in [5, 5.41) is 18.1. The number of hydrogen-bond donors (Lipinski definition) is 3. The van der Waals surface area contributed by atoms with Gasteiger partial charge in [0.1, 0.15) is 11.3 Å². The van der Waals surface area contributed by atoms with Crippen LogP contribution in [0.3, 0.4) is 0 Å². The van der Waals surface area contributed by atoms with Crippen molar-refractivity contribution >= 4 is 16.0 Å². The SMILES string of the molecule is CC(C)CNS(=O)(=O)c1ccc(O)c(C(=O)O)c1. The third kappa shape index (κ3) is 3.44. The summed E-state index contributed by atoms with van der Waals surface area (Å²) in [6.07, 6.45) is 0. The molecule has 0 saturated heterocycles. The molecule has 0 saturated carbocycles. The summed E-state index contributed by atoms with van der Waals surface area (Å²) in [6, 6.07) is 3.14. The van der Waals surface area contributed by atoms with E-state index in [2.05, 4.69) is 4.72 Å². The molecule has 0 atom stereocenters. The lowest BCUT2D eigenvalue weighted by atomic mass is 10.2. The first-order valence-corrected chi connectivity index (χ1v) is 6.78. The Morgan fingerprint density at radius 2 is 2.00 bits per heavy atom. The lowest BCUT2D eigenvalue weighted by molar-refractivity contribution is 0.0693. The Labute approximate surface area is 105 Å². The zero-order valence-corrected chi connectivity index (χ0v) is 10.9. The summed E-state index contributed by atoms with van der Waals surface area (Å²) in [6.45, 7) is 3.95. The van der Waals surface area contributed by atoms with Gasteiger partial charge in [-0.15, -0.1) is 0 Å². The summed E-state index contributed by atoms with van der Waals surface area (Å²) in [5.41, 5.74) is -0.442. The van der Waals surface area contributed by atoms with Crippen molar-refractivity contribution in [2.24, 2.45) is 5.92 Å². The minimum atomic E-state index is -3.75. The normalized spacial score (nSPS) is 11.7. The van der Waals surface area contributed by atoms with E-state index in [1.54, 1.807) is 0 Å². The maximum Gasteiger partial charge on any atom is 0.339 e. The number of phenols is 1. The van der Waals surface area contributed by atoms with Crippen LogP contribution in [0.25, 0.3) is 0 Å². The molecule has 0 radical (unpaired) electrons. The third-order valence-electron chi connectivity index (χ3n) is 2.19. The van der Waals surface area contributed by atoms with Gasteiger partial charge in [0.15, 0.2) is 0 Å². The molecule has 6 nitrogen and oxygen atoms in total. The zero-order valence-electron chi connectivity index (χ0n) is 10.0. The largest absolute Gasteiger partial charge is 0.507 e. The Balaban J connectivity index is 3.10. The van der Waals surface area contributed by atoms with Crippen molar-refractivity contribution in [3.63, 3.8) is 0 Å². The molecule has 0 fully saturated rings. The standard InChI is InChI=1S/C11H15NO5S/c1-7(2)6-12-18(16,17)8-3-4-10(13)9(5-8)11(14)15/h3-5,7,12-13H,6H2,1-2H3,(H,14,15). The van der Waals surface area contributed by atoms with Gasteiger partial charge >= 0.3 is 5.97 Å². The first kappa shape index (κ1) is 14.5. The van der Waals surface area contributed by atoms with Crippen LogP contribution in [0.4, 0.5) is 0 Å². The van der Waals surface area contributed by atoms with Gasteiger partial charge in [0.05, 0.1) is 4.90 Å². The molecular formula is C11H15NO5S. The summed E-state index contributed by atoms with van der Waals surface area (Å²) >= 11 is 0. The van der Waals surface area contributed by atoms with Gasteiger partial charge in [-0.3, -0.25) is 0 Å². The molecule has 0 aliphatic carbocycles. The highest BCUT2D eigenvalue weighted by molar-refractivity contribution is 7.89. The van der Waals surface area contributed by atoms with E-state index in [4.69, 9.17) is 5.11 Å². The minimum Gasteiger partial charge on any atom is -0.507 e. The Bertz CT molecular complexity index is 551. The van der Waals surface area contributed by atoms with Crippen LogP contribution < -0.4 is 4.72 Å². The Morgan fingerprint density at radius 3 is 2.50 bits per heavy atom. The average Bonchev–Trinajstić information content (AvgIpc) is 2.26. The molecule has 18 heavy (non-hydrogen) atoms. The molecule has 0 spiro atoms. The van der Waals surface area contributed by atoms with E-state index >= 15 is 0 Å². The first-order valence-electron chi connectivity index (χ1n) is 5.30. The van der Waals surface area contributed by atoms with Crippen LogP contribution in [0.2, 0.25) is 0 Å². The van der Waals surface area contributed by atoms with Crippen molar-refractivity contribution in [3.05, 3.63) is 23.8 Å². The molecule has 0 amide bonds. The Hall–Kier alpha value is -1.60. The van der Waals surface area contributed by atoms with Crippen LogP contribution >= 0.6 is 0 Å². The van der Waals surface area contributed by atoms with Gasteiger partial charge < -0.3 is 10.2 Å². The number of sulfonamides is 1. The van der Waals surface area contributed by atoms with E-state index in [0.29, 0.717) is 0 Å². The number of aromatic carboxylic acids is 1. The second-order valence-electron chi connectivity index (χ2n) is 4.23. The van der Waals surface area contributed by atoms with E-state index in [1.807, 2.05) is 13.8 Å². The van der Waals surface area contributed by atoms with Crippen LogP contribution in [-0.2, 0) is 10.0 Å². The number of benzene rings is 1. The van der Waals surface area contributed by atoms with Crippen LogP contribution in [0.15, 0.2) is 23.1 Å². The molecule has 0 heterocycles. The zero-order chi connectivity index (χ0) is 13.9. The molecule has 7 heteroatoms. The maximum absolute atomic E-state index is 11.8. The highest BCUT2D eigenvalue weighted by Crippen LogP contribution is 2.21. The molecule has 0 aliphatic heterocycles. The molecule has 0 aromatic heterocycles.